The van der Waals surface area contributed by atoms with Crippen LogP contribution in [0.25, 0.3) is 10.9 Å². The van der Waals surface area contributed by atoms with Crippen LogP contribution in [-0.4, -0.2) is 82.0 Å². The number of aromatic amines is 1. The highest BCUT2D eigenvalue weighted by Crippen LogP contribution is 2.49. The number of likely N-dealkylation sites (tertiary alicyclic amines) is 2. The van der Waals surface area contributed by atoms with Gasteiger partial charge in [-0.1, -0.05) is 19.9 Å². The number of nitrogens with one attached hydrogen (secondary N) is 1. The maximum atomic E-state index is 13.4. The van der Waals surface area contributed by atoms with E-state index in [0.29, 0.717) is 31.4 Å². The molecule has 2 aliphatic rings. The molecule has 1 atom stereocenters. The van der Waals surface area contributed by atoms with E-state index >= 15 is 0 Å². The molecule has 2 saturated heterocycles. The number of aromatic nitrogens is 3. The van der Waals surface area contributed by atoms with Crippen LogP contribution in [0.3, 0.4) is 0 Å². The Morgan fingerprint density at radius 1 is 1.20 bits per heavy atom. The smallest absolute Gasteiger partial charge is 0.254 e. The van der Waals surface area contributed by atoms with Gasteiger partial charge in [0, 0.05) is 62.3 Å². The fourth-order valence-electron chi connectivity index (χ4n) is 5.47. The van der Waals surface area contributed by atoms with Crippen LogP contribution in [0.4, 0.5) is 0 Å². The zero-order valence-electron chi connectivity index (χ0n) is 21.0. The molecule has 186 valence electrons. The Balaban J connectivity index is 1.33. The van der Waals surface area contributed by atoms with Crippen molar-refractivity contribution in [3.8, 4) is 0 Å². The van der Waals surface area contributed by atoms with Crippen molar-refractivity contribution >= 4 is 22.7 Å². The monoisotopic (exact) mass is 478 g/mol. The van der Waals surface area contributed by atoms with Crippen molar-refractivity contribution in [1.29, 1.82) is 0 Å². The van der Waals surface area contributed by atoms with E-state index in [-0.39, 0.29) is 29.2 Å². The lowest BCUT2D eigenvalue weighted by atomic mass is 9.76. The van der Waals surface area contributed by atoms with Crippen molar-refractivity contribution in [1.82, 2.24) is 29.9 Å². The molecule has 0 saturated carbocycles. The Hall–Kier alpha value is -3.20. The van der Waals surface area contributed by atoms with Gasteiger partial charge in [0.05, 0.1) is 12.6 Å². The second-order valence-electron chi connectivity index (χ2n) is 10.6. The second kappa shape index (κ2) is 9.11. The van der Waals surface area contributed by atoms with E-state index in [1.165, 1.54) is 0 Å². The number of carbonyl (C=O) groups excluding carboxylic acids is 2. The Bertz CT molecular complexity index is 1220. The van der Waals surface area contributed by atoms with Gasteiger partial charge >= 0.3 is 0 Å². The highest BCUT2D eigenvalue weighted by molar-refractivity contribution is 6.06. The number of nitrogens with zero attached hydrogens (tertiary/aromatic N) is 5. The number of fused-ring (bicyclic) bond motifs is 1. The number of hydrogen-bond acceptors (Lipinski definition) is 6. The largest absolute Gasteiger partial charge is 0.423 e. The summed E-state index contributed by atoms with van der Waals surface area (Å²) in [5.74, 6) is 1.51. The molecule has 2 aliphatic heterocycles. The Kier molecular flexibility index (Phi) is 6.13. The van der Waals surface area contributed by atoms with Gasteiger partial charge in [-0.2, -0.15) is 0 Å². The van der Waals surface area contributed by atoms with Crippen molar-refractivity contribution in [3.05, 3.63) is 47.8 Å². The molecule has 0 aliphatic carbocycles. The minimum atomic E-state index is -0.0882. The minimum Gasteiger partial charge on any atom is -0.423 e. The predicted molar refractivity (Wildman–Crippen MR) is 132 cm³/mol. The standard InChI is InChI=1S/C26H34N6O3/c1-17(2)23-28-29-24(35-23)21-14-26(16-32(21)15-22(33)30(3)4)9-12-31(13-10-26)25(34)19-6-5-7-20-18(19)8-11-27-20/h5-8,11,17,21,27H,9-10,12-16H2,1-4H3. The third-order valence-electron chi connectivity index (χ3n) is 7.61. The molecule has 5 rings (SSSR count). The molecule has 2 amide bonds. The predicted octanol–water partition coefficient (Wildman–Crippen LogP) is 3.43. The first-order valence-electron chi connectivity index (χ1n) is 12.4. The number of piperidine rings is 1. The lowest BCUT2D eigenvalue weighted by Crippen LogP contribution is -2.45. The van der Waals surface area contributed by atoms with Crippen LogP contribution in [0, 0.1) is 5.41 Å². The molecule has 0 bridgehead atoms. The third kappa shape index (κ3) is 4.45. The van der Waals surface area contributed by atoms with E-state index in [0.717, 1.165) is 42.3 Å². The molecule has 35 heavy (non-hydrogen) atoms. The molecule has 2 fully saturated rings. The molecule has 4 heterocycles. The lowest BCUT2D eigenvalue weighted by Gasteiger charge is -2.39. The third-order valence-corrected chi connectivity index (χ3v) is 7.61. The van der Waals surface area contributed by atoms with Gasteiger partial charge in [0.25, 0.3) is 5.91 Å². The molecule has 9 nitrogen and oxygen atoms in total. The zero-order chi connectivity index (χ0) is 24.7. The highest BCUT2D eigenvalue weighted by atomic mass is 16.4. The van der Waals surface area contributed by atoms with Crippen LogP contribution in [-0.2, 0) is 4.79 Å². The number of H-pyrrole nitrogens is 1. The highest BCUT2D eigenvalue weighted by Gasteiger charge is 2.48. The maximum Gasteiger partial charge on any atom is 0.254 e. The first-order valence-corrected chi connectivity index (χ1v) is 12.4. The Morgan fingerprint density at radius 2 is 1.97 bits per heavy atom. The van der Waals surface area contributed by atoms with Crippen molar-refractivity contribution in [2.24, 2.45) is 5.41 Å². The number of rotatable bonds is 5. The van der Waals surface area contributed by atoms with Crippen molar-refractivity contribution in [2.75, 3.05) is 40.3 Å². The van der Waals surface area contributed by atoms with E-state index in [4.69, 9.17) is 4.42 Å². The van der Waals surface area contributed by atoms with E-state index in [1.807, 2.05) is 49.2 Å². The van der Waals surface area contributed by atoms with Crippen LogP contribution in [0.1, 0.15) is 67.2 Å². The average molecular weight is 479 g/mol. The molecule has 3 aromatic rings. The summed E-state index contributed by atoms with van der Waals surface area (Å²) in [4.78, 5) is 35.0. The quantitative estimate of drug-likeness (QED) is 0.603. The number of likely N-dealkylation sites (N-methyl/N-ethyl adjacent to an activating group) is 1. The molecular formula is C26H34N6O3. The summed E-state index contributed by atoms with van der Waals surface area (Å²) in [6, 6.07) is 7.70. The number of hydrogen-bond donors (Lipinski definition) is 1. The first kappa shape index (κ1) is 23.5. The Morgan fingerprint density at radius 3 is 2.66 bits per heavy atom. The topological polar surface area (TPSA) is 98.6 Å². The second-order valence-corrected chi connectivity index (χ2v) is 10.6. The molecule has 1 spiro atoms. The van der Waals surface area contributed by atoms with Gasteiger partial charge in [-0.3, -0.25) is 14.5 Å². The average Bonchev–Trinajstić information content (AvgIpc) is 3.58. The molecular weight excluding hydrogens is 444 g/mol. The van der Waals surface area contributed by atoms with Crippen LogP contribution < -0.4 is 0 Å². The van der Waals surface area contributed by atoms with E-state index < -0.39 is 0 Å². The lowest BCUT2D eigenvalue weighted by molar-refractivity contribution is -0.130. The van der Waals surface area contributed by atoms with E-state index in [1.54, 1.807) is 19.0 Å². The van der Waals surface area contributed by atoms with Crippen LogP contribution in [0.5, 0.6) is 0 Å². The number of amides is 2. The number of carbonyl (C=O) groups is 2. The van der Waals surface area contributed by atoms with Crippen LogP contribution >= 0.6 is 0 Å². The van der Waals surface area contributed by atoms with Gasteiger partial charge in [0.1, 0.15) is 0 Å². The maximum absolute atomic E-state index is 13.4. The van der Waals surface area contributed by atoms with Crippen molar-refractivity contribution in [3.63, 3.8) is 0 Å². The van der Waals surface area contributed by atoms with Gasteiger partial charge < -0.3 is 19.2 Å². The number of benzene rings is 1. The molecule has 2 aromatic heterocycles. The molecule has 1 aromatic carbocycles. The molecule has 0 radical (unpaired) electrons. The van der Waals surface area contributed by atoms with E-state index in [2.05, 4.69) is 20.1 Å². The fourth-order valence-corrected chi connectivity index (χ4v) is 5.47. The molecule has 9 heteroatoms. The fraction of sp³-hybridized carbons (Fsp3) is 0.538. The van der Waals surface area contributed by atoms with Crippen molar-refractivity contribution in [2.45, 2.75) is 45.1 Å². The summed E-state index contributed by atoms with van der Waals surface area (Å²) < 4.78 is 6.03. The van der Waals surface area contributed by atoms with Gasteiger partial charge in [0.15, 0.2) is 0 Å². The molecule has 1 unspecified atom stereocenters. The summed E-state index contributed by atoms with van der Waals surface area (Å²) in [5.41, 5.74) is 1.74. The van der Waals surface area contributed by atoms with Crippen LogP contribution in [0.15, 0.2) is 34.9 Å². The summed E-state index contributed by atoms with van der Waals surface area (Å²) in [6.07, 6.45) is 4.49. The summed E-state index contributed by atoms with van der Waals surface area (Å²) in [7, 11) is 3.56. The Labute approximate surface area is 205 Å². The summed E-state index contributed by atoms with van der Waals surface area (Å²) in [6.45, 7) is 6.55. The van der Waals surface area contributed by atoms with Crippen LogP contribution in [0.2, 0.25) is 0 Å². The normalized spacial score (nSPS) is 20.3. The van der Waals surface area contributed by atoms with E-state index in [9.17, 15) is 9.59 Å². The minimum absolute atomic E-state index is 0.0145. The molecule has 1 N–H and O–H groups in total. The first-order chi connectivity index (χ1) is 16.8. The SMILES string of the molecule is CC(C)c1nnc(C2CC3(CCN(C(=O)c4cccc5[nH]ccc45)CC3)CN2CC(=O)N(C)C)o1. The van der Waals surface area contributed by atoms with Gasteiger partial charge in [0.2, 0.25) is 17.7 Å². The van der Waals surface area contributed by atoms with Gasteiger partial charge in [-0.25, -0.2) is 0 Å². The van der Waals surface area contributed by atoms with Crippen molar-refractivity contribution < 1.29 is 14.0 Å². The van der Waals surface area contributed by atoms with Gasteiger partial charge in [-0.05, 0) is 42.9 Å². The summed E-state index contributed by atoms with van der Waals surface area (Å²) >= 11 is 0. The zero-order valence-corrected chi connectivity index (χ0v) is 21.0. The summed E-state index contributed by atoms with van der Waals surface area (Å²) in [5, 5.41) is 9.56. The van der Waals surface area contributed by atoms with Gasteiger partial charge in [-0.15, -0.1) is 10.2 Å².